The molecule has 4 aromatic rings. The molecule has 0 saturated heterocycles. The summed E-state index contributed by atoms with van der Waals surface area (Å²) >= 11 is 1.38. The normalized spacial score (nSPS) is 13.8. The second kappa shape index (κ2) is 6.70. The fraction of sp³-hybridized carbons (Fsp3) is 0.200. The molecule has 3 aromatic heterocycles. The number of anilines is 1. The molecule has 1 saturated carbocycles. The Morgan fingerprint density at radius 3 is 2.86 bits per heavy atom. The average Bonchev–Trinajstić information content (AvgIpc) is 3.27. The maximum atomic E-state index is 14.6. The molecule has 1 fully saturated rings. The van der Waals surface area contributed by atoms with Crippen molar-refractivity contribution in [1.82, 2.24) is 19.8 Å². The molecule has 1 amide bonds. The summed E-state index contributed by atoms with van der Waals surface area (Å²) in [6.45, 7) is 1.71. The Kier molecular flexibility index (Phi) is 4.13. The molecule has 1 aliphatic carbocycles. The van der Waals surface area contributed by atoms with Crippen LogP contribution in [0, 0.1) is 18.6 Å². The standard InChI is InChI=1S/C20H15F2N5OS/c1-10-6-15(22)13(20-26-25-19(29-20)11-2-3-11)7-16(10)24-18(28)14-8-23-27-9-12(21)4-5-17(14)27/h4-9,11H,2-3H2,1H3,(H,24,28). The van der Waals surface area contributed by atoms with Gasteiger partial charge in [0.05, 0.1) is 29.0 Å². The van der Waals surface area contributed by atoms with Gasteiger partial charge in [-0.25, -0.2) is 13.3 Å². The van der Waals surface area contributed by atoms with E-state index < -0.39 is 17.5 Å². The minimum absolute atomic E-state index is 0.294. The van der Waals surface area contributed by atoms with Crippen LogP contribution in [-0.4, -0.2) is 25.7 Å². The first-order valence-corrected chi connectivity index (χ1v) is 9.89. The van der Waals surface area contributed by atoms with E-state index >= 15 is 0 Å². The van der Waals surface area contributed by atoms with Crippen molar-refractivity contribution >= 4 is 28.4 Å². The second-order valence-electron chi connectivity index (χ2n) is 7.06. The van der Waals surface area contributed by atoms with Gasteiger partial charge in [-0.3, -0.25) is 4.79 Å². The molecule has 0 bridgehead atoms. The van der Waals surface area contributed by atoms with E-state index in [9.17, 15) is 13.6 Å². The first-order chi connectivity index (χ1) is 14.0. The monoisotopic (exact) mass is 411 g/mol. The van der Waals surface area contributed by atoms with E-state index in [4.69, 9.17) is 0 Å². The van der Waals surface area contributed by atoms with Crippen molar-refractivity contribution in [3.8, 4) is 10.6 Å². The van der Waals surface area contributed by atoms with E-state index in [0.29, 0.717) is 38.8 Å². The van der Waals surface area contributed by atoms with Crippen LogP contribution in [0.1, 0.15) is 39.7 Å². The van der Waals surface area contributed by atoms with Gasteiger partial charge >= 0.3 is 0 Å². The van der Waals surface area contributed by atoms with Crippen LogP contribution in [0.25, 0.3) is 16.1 Å². The van der Waals surface area contributed by atoms with Gasteiger partial charge in [0.2, 0.25) is 0 Å². The summed E-state index contributed by atoms with van der Waals surface area (Å²) < 4.78 is 29.2. The first-order valence-electron chi connectivity index (χ1n) is 9.08. The molecule has 9 heteroatoms. The zero-order valence-corrected chi connectivity index (χ0v) is 16.1. The highest BCUT2D eigenvalue weighted by Gasteiger charge is 2.28. The van der Waals surface area contributed by atoms with Gasteiger partial charge in [0.1, 0.15) is 16.6 Å². The van der Waals surface area contributed by atoms with Crippen molar-refractivity contribution < 1.29 is 13.6 Å². The molecule has 0 spiro atoms. The van der Waals surface area contributed by atoms with Crippen LogP contribution in [0.5, 0.6) is 0 Å². The van der Waals surface area contributed by atoms with Gasteiger partial charge in [-0.2, -0.15) is 5.10 Å². The second-order valence-corrected chi connectivity index (χ2v) is 8.07. The Bertz CT molecular complexity index is 1260. The number of aromatic nitrogens is 4. The van der Waals surface area contributed by atoms with E-state index in [1.165, 1.54) is 46.4 Å². The Morgan fingerprint density at radius 1 is 1.24 bits per heavy atom. The van der Waals surface area contributed by atoms with Crippen molar-refractivity contribution in [2.75, 3.05) is 5.32 Å². The van der Waals surface area contributed by atoms with Crippen molar-refractivity contribution in [2.45, 2.75) is 25.7 Å². The zero-order valence-electron chi connectivity index (χ0n) is 15.3. The summed E-state index contributed by atoms with van der Waals surface area (Å²) in [5.41, 5.74) is 2.12. The maximum absolute atomic E-state index is 14.6. The van der Waals surface area contributed by atoms with E-state index in [1.807, 2.05) is 0 Å². The molecule has 0 radical (unpaired) electrons. The lowest BCUT2D eigenvalue weighted by atomic mass is 10.1. The van der Waals surface area contributed by atoms with Crippen molar-refractivity contribution in [3.63, 3.8) is 0 Å². The lowest BCUT2D eigenvalue weighted by Gasteiger charge is -2.10. The molecular formula is C20H15F2N5OS. The van der Waals surface area contributed by atoms with Gasteiger partial charge in [0.25, 0.3) is 5.91 Å². The van der Waals surface area contributed by atoms with Crippen molar-refractivity contribution in [2.24, 2.45) is 0 Å². The Labute approximate surface area is 168 Å². The van der Waals surface area contributed by atoms with Crippen LogP contribution >= 0.6 is 11.3 Å². The average molecular weight is 411 g/mol. The number of nitrogens with one attached hydrogen (secondary N) is 1. The number of benzene rings is 1. The summed E-state index contributed by atoms with van der Waals surface area (Å²) in [5.74, 6) is -0.836. The molecule has 1 N–H and O–H groups in total. The molecule has 29 heavy (non-hydrogen) atoms. The van der Waals surface area contributed by atoms with E-state index in [0.717, 1.165) is 17.8 Å². The van der Waals surface area contributed by atoms with Gasteiger partial charge in [-0.05, 0) is 49.6 Å². The summed E-state index contributed by atoms with van der Waals surface area (Å²) in [6, 6.07) is 5.70. The molecule has 0 atom stereocenters. The van der Waals surface area contributed by atoms with Crippen LogP contribution in [0.2, 0.25) is 0 Å². The van der Waals surface area contributed by atoms with Crippen LogP contribution in [0.3, 0.4) is 0 Å². The predicted octanol–water partition coefficient (Wildman–Crippen LogP) is 4.57. The first kappa shape index (κ1) is 17.9. The lowest BCUT2D eigenvalue weighted by Crippen LogP contribution is -2.13. The van der Waals surface area contributed by atoms with Gasteiger partial charge in [0, 0.05) is 11.6 Å². The third kappa shape index (κ3) is 3.27. The molecule has 146 valence electrons. The molecule has 1 aliphatic rings. The smallest absolute Gasteiger partial charge is 0.259 e. The number of carbonyl (C=O) groups excluding carboxylic acids is 1. The maximum Gasteiger partial charge on any atom is 0.259 e. The number of hydrogen-bond acceptors (Lipinski definition) is 5. The number of halogens is 2. The van der Waals surface area contributed by atoms with Gasteiger partial charge in [0.15, 0.2) is 5.01 Å². The Morgan fingerprint density at radius 2 is 2.07 bits per heavy atom. The fourth-order valence-electron chi connectivity index (χ4n) is 3.13. The zero-order chi connectivity index (χ0) is 20.1. The predicted molar refractivity (Wildman–Crippen MR) is 105 cm³/mol. The number of pyridine rings is 1. The fourth-order valence-corrected chi connectivity index (χ4v) is 4.16. The highest BCUT2D eigenvalue weighted by Crippen LogP contribution is 2.43. The van der Waals surface area contributed by atoms with Crippen LogP contribution in [0.15, 0.2) is 36.7 Å². The van der Waals surface area contributed by atoms with Gasteiger partial charge in [-0.1, -0.05) is 11.3 Å². The lowest BCUT2D eigenvalue weighted by molar-refractivity contribution is 0.102. The Hall–Kier alpha value is -3.20. The number of nitrogens with zero attached hydrogens (tertiary/aromatic N) is 4. The number of rotatable bonds is 4. The van der Waals surface area contributed by atoms with E-state index in [2.05, 4.69) is 20.6 Å². The highest BCUT2D eigenvalue weighted by molar-refractivity contribution is 7.14. The van der Waals surface area contributed by atoms with Crippen LogP contribution in [-0.2, 0) is 0 Å². The summed E-state index contributed by atoms with van der Waals surface area (Å²) in [7, 11) is 0. The molecule has 0 aliphatic heterocycles. The number of amides is 1. The third-order valence-electron chi connectivity index (χ3n) is 4.88. The minimum Gasteiger partial charge on any atom is -0.322 e. The molecule has 6 nitrogen and oxygen atoms in total. The molecule has 1 aromatic carbocycles. The van der Waals surface area contributed by atoms with Crippen molar-refractivity contribution in [3.05, 3.63) is 64.4 Å². The SMILES string of the molecule is Cc1cc(F)c(-c2nnc(C3CC3)s2)cc1NC(=O)c1cnn2cc(F)ccc12. The van der Waals surface area contributed by atoms with E-state index in [-0.39, 0.29) is 0 Å². The number of aryl methyl sites for hydroxylation is 1. The summed E-state index contributed by atoms with van der Waals surface area (Å²) in [4.78, 5) is 12.8. The number of fused-ring (bicyclic) bond motifs is 1. The number of carbonyl (C=O) groups is 1. The topological polar surface area (TPSA) is 72.2 Å². The minimum atomic E-state index is -0.450. The van der Waals surface area contributed by atoms with E-state index in [1.54, 1.807) is 13.0 Å². The summed E-state index contributed by atoms with van der Waals surface area (Å²) in [6.07, 6.45) is 4.75. The number of hydrogen-bond donors (Lipinski definition) is 1. The largest absolute Gasteiger partial charge is 0.322 e. The molecule has 3 heterocycles. The van der Waals surface area contributed by atoms with Crippen LogP contribution in [0.4, 0.5) is 14.5 Å². The third-order valence-corrected chi connectivity index (χ3v) is 6.00. The van der Waals surface area contributed by atoms with Gasteiger partial charge in [-0.15, -0.1) is 10.2 Å². The van der Waals surface area contributed by atoms with Crippen molar-refractivity contribution in [1.29, 1.82) is 0 Å². The Balaban J connectivity index is 1.47. The summed E-state index contributed by atoms with van der Waals surface area (Å²) in [5, 5.41) is 16.5. The molecular weight excluding hydrogens is 396 g/mol. The highest BCUT2D eigenvalue weighted by atomic mass is 32.1. The molecule has 0 unspecified atom stereocenters. The van der Waals surface area contributed by atoms with Gasteiger partial charge < -0.3 is 5.32 Å². The van der Waals surface area contributed by atoms with Crippen LogP contribution < -0.4 is 5.32 Å². The quantitative estimate of drug-likeness (QED) is 0.534. The molecule has 5 rings (SSSR count).